The van der Waals surface area contributed by atoms with Gasteiger partial charge in [-0.25, -0.2) is 4.68 Å². The number of ketones is 1. The molecule has 0 amide bonds. The summed E-state index contributed by atoms with van der Waals surface area (Å²) >= 11 is 0. The van der Waals surface area contributed by atoms with Crippen LogP contribution in [0, 0.1) is 10.1 Å². The molecule has 2 atom stereocenters. The van der Waals surface area contributed by atoms with E-state index in [4.69, 9.17) is 0 Å². The molecular formula is C28H22N4O4. The van der Waals surface area contributed by atoms with Crippen molar-refractivity contribution >= 4 is 17.3 Å². The Balaban J connectivity index is 1.54. The zero-order chi connectivity index (χ0) is 24.8. The summed E-state index contributed by atoms with van der Waals surface area (Å²) in [5.74, 6) is -0.276. The van der Waals surface area contributed by atoms with Crippen molar-refractivity contribution in [3.8, 4) is 5.69 Å². The number of carbonyl (C=O) groups is 1. The second-order valence-electron chi connectivity index (χ2n) is 9.12. The molecule has 1 aliphatic heterocycles. The molecule has 2 N–H and O–H groups in total. The molecule has 8 nitrogen and oxygen atoms in total. The summed E-state index contributed by atoms with van der Waals surface area (Å²) in [5, 5.41) is 18.0. The third kappa shape index (κ3) is 3.54. The maximum atomic E-state index is 13.7. The van der Waals surface area contributed by atoms with Crippen molar-refractivity contribution in [2.45, 2.75) is 24.7 Å². The number of para-hydroxylation sites is 1. The Morgan fingerprint density at radius 3 is 2.28 bits per heavy atom. The highest BCUT2D eigenvalue weighted by Crippen LogP contribution is 2.47. The fraction of sp³-hybridized carbons (Fsp3) is 0.143. The molecule has 2 aliphatic rings. The number of nitro groups is 1. The quantitative estimate of drug-likeness (QED) is 0.316. The molecule has 0 fully saturated rings. The van der Waals surface area contributed by atoms with Gasteiger partial charge in [-0.3, -0.25) is 24.8 Å². The summed E-state index contributed by atoms with van der Waals surface area (Å²) in [5.41, 5.74) is 3.52. The van der Waals surface area contributed by atoms with Crippen LogP contribution in [-0.2, 0) is 4.79 Å². The number of non-ortho nitro benzene ring substituents is 1. The molecule has 2 unspecified atom stereocenters. The van der Waals surface area contributed by atoms with E-state index in [9.17, 15) is 19.7 Å². The Morgan fingerprint density at radius 1 is 0.861 bits per heavy atom. The minimum absolute atomic E-state index is 0.000176. The number of anilines is 1. The Morgan fingerprint density at radius 2 is 1.56 bits per heavy atom. The van der Waals surface area contributed by atoms with Crippen molar-refractivity contribution in [3.63, 3.8) is 0 Å². The average molecular weight is 479 g/mol. The Hall–Kier alpha value is -4.72. The van der Waals surface area contributed by atoms with Crippen molar-refractivity contribution in [2.24, 2.45) is 0 Å². The first-order chi connectivity index (χ1) is 17.5. The van der Waals surface area contributed by atoms with E-state index in [-0.39, 0.29) is 22.9 Å². The smallest absolute Gasteiger partial charge is 0.277 e. The van der Waals surface area contributed by atoms with Gasteiger partial charge in [0, 0.05) is 35.7 Å². The number of hydrogen-bond acceptors (Lipinski definition) is 5. The van der Waals surface area contributed by atoms with E-state index in [0.717, 1.165) is 11.3 Å². The highest BCUT2D eigenvalue weighted by Gasteiger charge is 2.41. The van der Waals surface area contributed by atoms with Gasteiger partial charge in [-0.05, 0) is 35.6 Å². The van der Waals surface area contributed by atoms with Crippen LogP contribution in [0.2, 0.25) is 0 Å². The van der Waals surface area contributed by atoms with Crippen molar-refractivity contribution < 1.29 is 9.72 Å². The van der Waals surface area contributed by atoms with Gasteiger partial charge >= 0.3 is 0 Å². The summed E-state index contributed by atoms with van der Waals surface area (Å²) in [6, 6.07) is 25.3. The highest BCUT2D eigenvalue weighted by atomic mass is 16.6. The van der Waals surface area contributed by atoms with Crippen LogP contribution < -0.4 is 10.9 Å². The first kappa shape index (κ1) is 21.8. The van der Waals surface area contributed by atoms with Crippen LogP contribution in [0.4, 0.5) is 11.5 Å². The minimum atomic E-state index is -0.714. The van der Waals surface area contributed by atoms with E-state index in [2.05, 4.69) is 10.4 Å². The fourth-order valence-corrected chi connectivity index (χ4v) is 5.36. The van der Waals surface area contributed by atoms with Gasteiger partial charge in [0.15, 0.2) is 5.78 Å². The molecule has 178 valence electrons. The van der Waals surface area contributed by atoms with Gasteiger partial charge in [-0.15, -0.1) is 0 Å². The first-order valence-corrected chi connectivity index (χ1v) is 11.7. The summed E-state index contributed by atoms with van der Waals surface area (Å²) in [6.07, 6.45) is 0.900. The average Bonchev–Trinajstić information content (AvgIpc) is 3.24. The van der Waals surface area contributed by atoms with Crippen LogP contribution in [0.25, 0.3) is 5.69 Å². The van der Waals surface area contributed by atoms with Crippen LogP contribution in [0.3, 0.4) is 0 Å². The van der Waals surface area contributed by atoms with Gasteiger partial charge in [-0.1, -0.05) is 60.7 Å². The summed E-state index contributed by atoms with van der Waals surface area (Å²) in [4.78, 5) is 38.4. The molecule has 2 heterocycles. The van der Waals surface area contributed by atoms with Gasteiger partial charge < -0.3 is 5.32 Å². The maximum absolute atomic E-state index is 13.7. The van der Waals surface area contributed by atoms with Crippen molar-refractivity contribution in [2.75, 3.05) is 5.32 Å². The van der Waals surface area contributed by atoms with Gasteiger partial charge in [0.2, 0.25) is 0 Å². The predicted molar refractivity (Wildman–Crippen MR) is 135 cm³/mol. The number of nitro benzene ring substituents is 1. The van der Waals surface area contributed by atoms with Crippen LogP contribution in [0.15, 0.2) is 101 Å². The second kappa shape index (κ2) is 8.49. The number of allylic oxidation sites excluding steroid dienone is 2. The minimum Gasteiger partial charge on any atom is -0.343 e. The molecule has 1 aliphatic carbocycles. The lowest BCUT2D eigenvalue weighted by molar-refractivity contribution is -0.384. The molecular weight excluding hydrogens is 456 g/mol. The molecule has 0 bridgehead atoms. The molecule has 0 spiro atoms. The van der Waals surface area contributed by atoms with Gasteiger partial charge in [0.05, 0.1) is 16.2 Å². The fourth-order valence-electron chi connectivity index (χ4n) is 5.36. The summed E-state index contributed by atoms with van der Waals surface area (Å²) in [6.45, 7) is 0. The number of rotatable bonds is 4. The third-order valence-corrected chi connectivity index (χ3v) is 6.99. The van der Waals surface area contributed by atoms with E-state index in [0.29, 0.717) is 41.0 Å². The maximum Gasteiger partial charge on any atom is 0.277 e. The lowest BCUT2D eigenvalue weighted by Crippen LogP contribution is -2.32. The number of benzene rings is 3. The van der Waals surface area contributed by atoms with E-state index in [1.807, 2.05) is 60.7 Å². The molecule has 1 aromatic heterocycles. The Bertz CT molecular complexity index is 1580. The SMILES string of the molecule is O=C1CC(c2ccccc2)CC2=C1C(c1cccc([N+](=O)[O-])c1)c1c([nH]n(-c3ccccc3)c1=O)N2. The molecule has 36 heavy (non-hydrogen) atoms. The van der Waals surface area contributed by atoms with Crippen LogP contribution in [0.5, 0.6) is 0 Å². The number of H-pyrrole nitrogens is 1. The number of nitrogens with one attached hydrogen (secondary N) is 2. The Kier molecular flexibility index (Phi) is 5.14. The lowest BCUT2D eigenvalue weighted by atomic mass is 9.73. The van der Waals surface area contributed by atoms with Crippen LogP contribution >= 0.6 is 0 Å². The Labute approximate surface area is 206 Å². The number of aromatic amines is 1. The number of Topliss-reactive ketones (excluding diaryl/α,β-unsaturated/α-hetero) is 1. The van der Waals surface area contributed by atoms with Crippen LogP contribution in [0.1, 0.15) is 41.4 Å². The topological polar surface area (TPSA) is 110 Å². The normalized spacial score (nSPS) is 18.8. The first-order valence-electron chi connectivity index (χ1n) is 11.7. The second-order valence-corrected chi connectivity index (χ2v) is 9.12. The number of hydrogen-bond donors (Lipinski definition) is 2. The van der Waals surface area contributed by atoms with Gasteiger partial charge in [0.1, 0.15) is 5.82 Å². The van der Waals surface area contributed by atoms with Crippen molar-refractivity contribution in [1.82, 2.24) is 9.78 Å². The standard InChI is InChI=1S/C28H22N4O4/c33-23-16-19(17-8-3-1-4-9-17)15-22-25(23)24(18-10-7-13-21(14-18)32(35)36)26-27(29-22)30-31(28(26)34)20-11-5-2-6-12-20/h1-14,19,24,29-30H,15-16H2. The largest absolute Gasteiger partial charge is 0.343 e. The number of nitrogens with zero attached hydrogens (tertiary/aromatic N) is 2. The lowest BCUT2D eigenvalue weighted by Gasteiger charge is -2.34. The van der Waals surface area contributed by atoms with Gasteiger partial charge in [-0.2, -0.15) is 0 Å². The van der Waals surface area contributed by atoms with E-state index >= 15 is 0 Å². The number of fused-ring (bicyclic) bond motifs is 1. The highest BCUT2D eigenvalue weighted by molar-refractivity contribution is 6.01. The molecule has 8 heteroatoms. The zero-order valence-electron chi connectivity index (χ0n) is 19.2. The van der Waals surface area contributed by atoms with Gasteiger partial charge in [0.25, 0.3) is 11.2 Å². The number of aromatic nitrogens is 2. The van der Waals surface area contributed by atoms with Crippen molar-refractivity contribution in [3.05, 3.63) is 133 Å². The molecule has 0 saturated carbocycles. The van der Waals surface area contributed by atoms with E-state index < -0.39 is 10.8 Å². The monoisotopic (exact) mass is 478 g/mol. The third-order valence-electron chi connectivity index (χ3n) is 6.99. The number of carbonyl (C=O) groups excluding carboxylic acids is 1. The summed E-state index contributed by atoms with van der Waals surface area (Å²) < 4.78 is 1.44. The zero-order valence-corrected chi connectivity index (χ0v) is 19.2. The molecule has 6 rings (SSSR count). The molecule has 3 aromatic carbocycles. The molecule has 0 saturated heterocycles. The molecule has 0 radical (unpaired) electrons. The predicted octanol–water partition coefficient (Wildman–Crippen LogP) is 5.03. The molecule has 4 aromatic rings. The van der Waals surface area contributed by atoms with E-state index in [1.165, 1.54) is 16.8 Å². The van der Waals surface area contributed by atoms with Crippen molar-refractivity contribution in [1.29, 1.82) is 0 Å². The summed E-state index contributed by atoms with van der Waals surface area (Å²) in [7, 11) is 0. The van der Waals surface area contributed by atoms with Crippen LogP contribution in [-0.4, -0.2) is 20.5 Å². The van der Waals surface area contributed by atoms with E-state index in [1.54, 1.807) is 12.1 Å².